The summed E-state index contributed by atoms with van der Waals surface area (Å²) in [5.74, 6) is -0.330. The molecule has 9 heteroatoms. The molecule has 0 saturated heterocycles. The van der Waals surface area contributed by atoms with Crippen LogP contribution in [0, 0.1) is 5.82 Å². The lowest BCUT2D eigenvalue weighted by atomic mass is 10.2. The molecule has 0 bridgehead atoms. The Labute approximate surface area is 148 Å². The molecular formula is C17H14FN5O2S. The quantitative estimate of drug-likeness (QED) is 0.550. The summed E-state index contributed by atoms with van der Waals surface area (Å²) in [4.78, 5) is 17.0. The van der Waals surface area contributed by atoms with Gasteiger partial charge in [-0.05, 0) is 12.1 Å². The Kier molecular flexibility index (Phi) is 3.69. The number of pyridine rings is 3. The second-order valence-corrected chi connectivity index (χ2v) is 7.99. The first-order valence-electron chi connectivity index (χ1n) is 7.87. The zero-order chi connectivity index (χ0) is 18.5. The van der Waals surface area contributed by atoms with Crippen LogP contribution in [0.15, 0.2) is 41.7 Å². The molecule has 7 nitrogen and oxygen atoms in total. The lowest BCUT2D eigenvalue weighted by Crippen LogP contribution is -2.10. The first kappa shape index (κ1) is 16.5. The number of sulfone groups is 1. The van der Waals surface area contributed by atoms with E-state index in [1.807, 2.05) is 0 Å². The summed E-state index contributed by atoms with van der Waals surface area (Å²) < 4.78 is 40.7. The molecule has 0 aliphatic carbocycles. The Balaban J connectivity index is 2.13. The van der Waals surface area contributed by atoms with E-state index in [4.69, 9.17) is 0 Å². The molecule has 26 heavy (non-hydrogen) atoms. The molecule has 0 unspecified atom stereocenters. The van der Waals surface area contributed by atoms with Crippen LogP contribution in [0.25, 0.3) is 33.6 Å². The Bertz CT molecular complexity index is 1270. The van der Waals surface area contributed by atoms with Gasteiger partial charge in [-0.3, -0.25) is 9.97 Å². The van der Waals surface area contributed by atoms with E-state index in [1.165, 1.54) is 12.3 Å². The molecule has 0 atom stereocenters. The third-order valence-corrected chi connectivity index (χ3v) is 5.95. The Morgan fingerprint density at radius 2 is 2.00 bits per heavy atom. The molecule has 4 heterocycles. The predicted molar refractivity (Wildman–Crippen MR) is 94.7 cm³/mol. The summed E-state index contributed by atoms with van der Waals surface area (Å²) in [7, 11) is -1.96. The fourth-order valence-electron chi connectivity index (χ4n) is 2.88. The van der Waals surface area contributed by atoms with Crippen molar-refractivity contribution in [2.75, 3.05) is 5.75 Å². The maximum atomic E-state index is 13.5. The minimum atomic E-state index is -3.64. The molecule has 0 N–H and O–H groups in total. The number of halogens is 1. The van der Waals surface area contributed by atoms with E-state index >= 15 is 0 Å². The van der Waals surface area contributed by atoms with Gasteiger partial charge in [0.2, 0.25) is 0 Å². The van der Waals surface area contributed by atoms with Crippen molar-refractivity contribution in [2.24, 2.45) is 7.05 Å². The largest absolute Gasteiger partial charge is 0.310 e. The van der Waals surface area contributed by atoms with Gasteiger partial charge in [0.25, 0.3) is 0 Å². The summed E-state index contributed by atoms with van der Waals surface area (Å²) in [6.45, 7) is 1.56. The van der Waals surface area contributed by atoms with Crippen LogP contribution in [0.5, 0.6) is 0 Å². The number of aromatic nitrogens is 5. The average molecular weight is 371 g/mol. The molecular weight excluding hydrogens is 357 g/mol. The molecule has 0 aliphatic rings. The highest BCUT2D eigenvalue weighted by molar-refractivity contribution is 7.91. The maximum absolute atomic E-state index is 13.5. The Morgan fingerprint density at radius 1 is 1.19 bits per heavy atom. The van der Waals surface area contributed by atoms with E-state index in [-0.39, 0.29) is 22.2 Å². The summed E-state index contributed by atoms with van der Waals surface area (Å²) in [5, 5.41) is 0.617. The summed E-state index contributed by atoms with van der Waals surface area (Å²) >= 11 is 0. The lowest BCUT2D eigenvalue weighted by molar-refractivity contribution is 0.597. The van der Waals surface area contributed by atoms with Gasteiger partial charge in [-0.25, -0.2) is 22.8 Å². The summed E-state index contributed by atoms with van der Waals surface area (Å²) in [6.07, 6.45) is 4.18. The normalized spacial score (nSPS) is 12.1. The standard InChI is InChI=1S/C17H14FN5O2S/c1-3-26(24,25)15-13-10(5-4-6-19-13)8-20-14(15)17-22-12-7-11(18)9-21-16(12)23(17)2/h4-9H,3H2,1-2H3. The maximum Gasteiger partial charge on any atom is 0.182 e. The molecule has 0 aromatic carbocycles. The molecule has 0 spiro atoms. The van der Waals surface area contributed by atoms with Crippen LogP contribution in [0.2, 0.25) is 0 Å². The highest BCUT2D eigenvalue weighted by atomic mass is 32.2. The van der Waals surface area contributed by atoms with Crippen molar-refractivity contribution in [3.63, 3.8) is 0 Å². The molecule has 0 fully saturated rings. The van der Waals surface area contributed by atoms with Gasteiger partial charge in [-0.15, -0.1) is 0 Å². The minimum Gasteiger partial charge on any atom is -0.310 e. The van der Waals surface area contributed by atoms with Crippen LogP contribution >= 0.6 is 0 Å². The Hall–Kier alpha value is -2.94. The first-order chi connectivity index (χ1) is 12.4. The van der Waals surface area contributed by atoms with Crippen LogP contribution in [-0.2, 0) is 16.9 Å². The zero-order valence-corrected chi connectivity index (χ0v) is 14.8. The third-order valence-electron chi connectivity index (χ3n) is 4.18. The van der Waals surface area contributed by atoms with Crippen LogP contribution in [0.4, 0.5) is 4.39 Å². The second kappa shape index (κ2) is 5.80. The van der Waals surface area contributed by atoms with Gasteiger partial charge in [0.05, 0.1) is 17.5 Å². The topological polar surface area (TPSA) is 90.6 Å². The van der Waals surface area contributed by atoms with Gasteiger partial charge in [-0.2, -0.15) is 0 Å². The van der Waals surface area contributed by atoms with Gasteiger partial charge in [0.15, 0.2) is 21.3 Å². The molecule has 4 aromatic rings. The van der Waals surface area contributed by atoms with Crippen molar-refractivity contribution in [1.82, 2.24) is 24.5 Å². The SMILES string of the molecule is CCS(=O)(=O)c1c(-c2nc3cc(F)cnc3n2C)ncc2cccnc12. The van der Waals surface area contributed by atoms with Gasteiger partial charge in [0, 0.05) is 30.9 Å². The number of fused-ring (bicyclic) bond motifs is 2. The van der Waals surface area contributed by atoms with Crippen molar-refractivity contribution in [3.05, 3.63) is 42.6 Å². The van der Waals surface area contributed by atoms with Crippen molar-refractivity contribution < 1.29 is 12.8 Å². The number of imidazole rings is 1. The molecule has 0 amide bonds. The molecule has 4 rings (SSSR count). The molecule has 0 saturated carbocycles. The number of nitrogens with zero attached hydrogens (tertiary/aromatic N) is 5. The van der Waals surface area contributed by atoms with Crippen LogP contribution < -0.4 is 0 Å². The van der Waals surface area contributed by atoms with Gasteiger partial charge in [0.1, 0.15) is 21.9 Å². The summed E-state index contributed by atoms with van der Waals surface area (Å²) in [5.41, 5.74) is 1.28. The number of hydrogen-bond acceptors (Lipinski definition) is 6. The Morgan fingerprint density at radius 3 is 2.77 bits per heavy atom. The predicted octanol–water partition coefficient (Wildman–Crippen LogP) is 2.51. The van der Waals surface area contributed by atoms with Crippen molar-refractivity contribution in [2.45, 2.75) is 11.8 Å². The highest BCUT2D eigenvalue weighted by Crippen LogP contribution is 2.32. The van der Waals surface area contributed by atoms with Crippen LogP contribution in [0.3, 0.4) is 0 Å². The van der Waals surface area contributed by atoms with Gasteiger partial charge >= 0.3 is 0 Å². The van der Waals surface area contributed by atoms with Gasteiger partial charge < -0.3 is 4.57 Å². The van der Waals surface area contributed by atoms with E-state index in [1.54, 1.807) is 36.9 Å². The average Bonchev–Trinajstić information content (AvgIpc) is 2.96. The lowest BCUT2D eigenvalue weighted by Gasteiger charge is -2.11. The zero-order valence-electron chi connectivity index (χ0n) is 14.0. The molecule has 0 aliphatic heterocycles. The van der Waals surface area contributed by atoms with Gasteiger partial charge in [-0.1, -0.05) is 6.92 Å². The van der Waals surface area contributed by atoms with Crippen molar-refractivity contribution >= 4 is 31.9 Å². The molecule has 4 aromatic heterocycles. The molecule has 132 valence electrons. The van der Waals surface area contributed by atoms with E-state index in [9.17, 15) is 12.8 Å². The third kappa shape index (κ3) is 2.43. The fraction of sp³-hybridized carbons (Fsp3) is 0.176. The van der Waals surface area contributed by atoms with E-state index < -0.39 is 15.7 Å². The van der Waals surface area contributed by atoms with E-state index in [0.717, 1.165) is 6.20 Å². The van der Waals surface area contributed by atoms with Crippen molar-refractivity contribution in [3.8, 4) is 11.5 Å². The second-order valence-electron chi connectivity index (χ2n) is 5.77. The number of aryl methyl sites for hydroxylation is 1. The number of rotatable bonds is 3. The summed E-state index contributed by atoms with van der Waals surface area (Å²) in [6, 6.07) is 4.71. The molecule has 0 radical (unpaired) electrons. The number of hydrogen-bond donors (Lipinski definition) is 0. The van der Waals surface area contributed by atoms with Crippen LogP contribution in [0.1, 0.15) is 6.92 Å². The minimum absolute atomic E-state index is 0.0250. The smallest absolute Gasteiger partial charge is 0.182 e. The van der Waals surface area contributed by atoms with E-state index in [0.29, 0.717) is 22.1 Å². The monoisotopic (exact) mass is 371 g/mol. The first-order valence-corrected chi connectivity index (χ1v) is 9.52. The van der Waals surface area contributed by atoms with Crippen molar-refractivity contribution in [1.29, 1.82) is 0 Å². The van der Waals surface area contributed by atoms with E-state index in [2.05, 4.69) is 19.9 Å². The highest BCUT2D eigenvalue weighted by Gasteiger charge is 2.26. The fourth-order valence-corrected chi connectivity index (χ4v) is 4.07. The van der Waals surface area contributed by atoms with Crippen LogP contribution in [-0.4, -0.2) is 38.7 Å².